The van der Waals surface area contributed by atoms with Crippen molar-refractivity contribution in [3.05, 3.63) is 59.9 Å². The van der Waals surface area contributed by atoms with Crippen molar-refractivity contribution < 1.29 is 19.1 Å². The molecule has 0 spiro atoms. The number of hydrogen-bond acceptors (Lipinski definition) is 11. The average Bonchev–Trinajstić information content (AvgIpc) is 3.22. The van der Waals surface area contributed by atoms with Crippen molar-refractivity contribution in [2.45, 2.75) is 32.1 Å². The van der Waals surface area contributed by atoms with Crippen LogP contribution >= 0.6 is 11.6 Å². The molecule has 0 bridgehead atoms. The molecule has 3 aromatic rings. The molecule has 0 saturated heterocycles. The number of nitrogens with zero attached hydrogens (tertiary/aromatic N) is 7. The zero-order valence-electron chi connectivity index (χ0n) is 19.9. The molecule has 37 heavy (non-hydrogen) atoms. The Morgan fingerprint density at radius 1 is 0.865 bits per heavy atom. The zero-order valence-corrected chi connectivity index (χ0v) is 20.7. The van der Waals surface area contributed by atoms with Gasteiger partial charge in [-0.05, 0) is 55.0 Å². The van der Waals surface area contributed by atoms with Crippen LogP contribution in [0.5, 0.6) is 17.8 Å². The molecule has 3 heterocycles. The van der Waals surface area contributed by atoms with Gasteiger partial charge in [0.05, 0.1) is 6.61 Å². The number of unbranched alkanes of at least 4 members (excludes halogenated alkanes) is 3. The molecule has 1 aromatic carbocycles. The number of ether oxygens (including phenoxy) is 2. The Morgan fingerprint density at radius 2 is 1.57 bits per heavy atom. The molecule has 192 valence electrons. The fourth-order valence-corrected chi connectivity index (χ4v) is 3.59. The maximum atomic E-state index is 11.5. The Bertz CT molecular complexity index is 1210. The summed E-state index contributed by atoms with van der Waals surface area (Å²) in [6.07, 6.45) is 9.46. The van der Waals surface area contributed by atoms with Crippen molar-refractivity contribution in [3.8, 4) is 17.8 Å². The van der Waals surface area contributed by atoms with Crippen molar-refractivity contribution in [1.82, 2.24) is 34.8 Å². The third-order valence-corrected chi connectivity index (χ3v) is 5.47. The average molecular weight is 525 g/mol. The van der Waals surface area contributed by atoms with E-state index >= 15 is 0 Å². The van der Waals surface area contributed by atoms with Crippen LogP contribution in [0.15, 0.2) is 49.1 Å². The monoisotopic (exact) mass is 524 g/mol. The van der Waals surface area contributed by atoms with Gasteiger partial charge in [-0.15, -0.1) is 4.98 Å². The number of carbonyl (C=O) groups is 2. The summed E-state index contributed by atoms with van der Waals surface area (Å²) in [7, 11) is 0. The molecule has 2 aromatic heterocycles. The molecule has 4 rings (SSSR count). The van der Waals surface area contributed by atoms with E-state index in [9.17, 15) is 9.59 Å². The lowest BCUT2D eigenvalue weighted by molar-refractivity contribution is -0.136. The molecule has 0 unspecified atom stereocenters. The summed E-state index contributed by atoms with van der Waals surface area (Å²) in [6.45, 7) is 1.48. The summed E-state index contributed by atoms with van der Waals surface area (Å²) in [5, 5.41) is 3.10. The first-order valence-electron chi connectivity index (χ1n) is 11.8. The molecule has 13 heteroatoms. The van der Waals surface area contributed by atoms with E-state index in [4.69, 9.17) is 21.1 Å². The van der Waals surface area contributed by atoms with Gasteiger partial charge < -0.3 is 14.8 Å². The number of aromatic nitrogens is 6. The van der Waals surface area contributed by atoms with E-state index in [0.717, 1.165) is 37.7 Å². The van der Waals surface area contributed by atoms with Gasteiger partial charge in [0, 0.05) is 25.2 Å². The summed E-state index contributed by atoms with van der Waals surface area (Å²) in [5.74, 6) is 0.579. The second-order valence-electron chi connectivity index (χ2n) is 7.98. The van der Waals surface area contributed by atoms with Gasteiger partial charge in [0.25, 0.3) is 11.8 Å². The van der Waals surface area contributed by atoms with Crippen molar-refractivity contribution in [2.75, 3.05) is 25.0 Å². The largest absolute Gasteiger partial charge is 0.463 e. The first-order chi connectivity index (χ1) is 18.1. The molecule has 2 amide bonds. The number of halogens is 1. The molecule has 0 aliphatic carbocycles. The quantitative estimate of drug-likeness (QED) is 0.245. The van der Waals surface area contributed by atoms with Crippen molar-refractivity contribution in [2.24, 2.45) is 0 Å². The summed E-state index contributed by atoms with van der Waals surface area (Å²) in [4.78, 5) is 48.3. The number of imide groups is 1. The Morgan fingerprint density at radius 3 is 2.32 bits per heavy atom. The predicted molar refractivity (Wildman–Crippen MR) is 133 cm³/mol. The molecule has 0 fully saturated rings. The van der Waals surface area contributed by atoms with Crippen LogP contribution < -0.4 is 14.8 Å². The van der Waals surface area contributed by atoms with Gasteiger partial charge in [0.2, 0.25) is 11.2 Å². The smallest absolute Gasteiger partial charge is 0.329 e. The molecule has 1 aliphatic rings. The van der Waals surface area contributed by atoms with E-state index in [1.165, 1.54) is 29.7 Å². The third-order valence-electron chi connectivity index (χ3n) is 5.30. The van der Waals surface area contributed by atoms with Gasteiger partial charge in [0.1, 0.15) is 18.4 Å². The number of anilines is 1. The number of hydrogen-bond donors (Lipinski definition) is 1. The lowest BCUT2D eigenvalue weighted by atomic mass is 10.1. The summed E-state index contributed by atoms with van der Waals surface area (Å²) >= 11 is 6.01. The van der Waals surface area contributed by atoms with Gasteiger partial charge in [-0.2, -0.15) is 9.97 Å². The van der Waals surface area contributed by atoms with Crippen LogP contribution in [0, 0.1) is 0 Å². The highest BCUT2D eigenvalue weighted by molar-refractivity contribution is 6.28. The van der Waals surface area contributed by atoms with E-state index < -0.39 is 0 Å². The van der Waals surface area contributed by atoms with E-state index in [0.29, 0.717) is 31.4 Å². The van der Waals surface area contributed by atoms with Gasteiger partial charge in [-0.1, -0.05) is 18.6 Å². The standard InChI is InChI=1S/C24H25ClN8O4/c25-21-30-23(36-14-4-2-1-3-13-33-19(34)9-10-20(33)35)32-24(31-21)37-18-7-5-17(6-8-18)11-12-27-22-28-15-26-16-29-22/h5-10,15-16H,1-4,11-14H2,(H,26,27,28,29). The Hall–Kier alpha value is -4.19. The number of rotatable bonds is 14. The highest BCUT2D eigenvalue weighted by atomic mass is 35.5. The predicted octanol–water partition coefficient (Wildman–Crippen LogP) is 3.02. The Balaban J connectivity index is 1.16. The first-order valence-corrected chi connectivity index (χ1v) is 12.2. The van der Waals surface area contributed by atoms with Crippen molar-refractivity contribution in [3.63, 3.8) is 0 Å². The van der Waals surface area contributed by atoms with E-state index in [1.54, 1.807) is 0 Å². The molecular weight excluding hydrogens is 500 g/mol. The number of carbonyl (C=O) groups excluding carboxylic acids is 2. The van der Waals surface area contributed by atoms with Crippen LogP contribution in [-0.4, -0.2) is 66.3 Å². The van der Waals surface area contributed by atoms with Crippen LogP contribution in [0.2, 0.25) is 5.28 Å². The van der Waals surface area contributed by atoms with E-state index in [2.05, 4.69) is 35.2 Å². The topological polar surface area (TPSA) is 145 Å². The minimum Gasteiger partial charge on any atom is -0.463 e. The molecule has 1 aliphatic heterocycles. The molecule has 0 radical (unpaired) electrons. The molecule has 12 nitrogen and oxygen atoms in total. The summed E-state index contributed by atoms with van der Waals surface area (Å²) < 4.78 is 11.3. The molecule has 0 atom stereocenters. The highest BCUT2D eigenvalue weighted by Crippen LogP contribution is 2.21. The van der Waals surface area contributed by atoms with Crippen LogP contribution in [0.25, 0.3) is 0 Å². The normalized spacial score (nSPS) is 12.7. The first kappa shape index (κ1) is 25.9. The fraction of sp³-hybridized carbons (Fsp3) is 0.333. The lowest BCUT2D eigenvalue weighted by Crippen LogP contribution is -2.30. The maximum absolute atomic E-state index is 11.5. The molecule has 0 saturated carbocycles. The van der Waals surface area contributed by atoms with Gasteiger partial charge in [-0.25, -0.2) is 15.0 Å². The highest BCUT2D eigenvalue weighted by Gasteiger charge is 2.22. The SMILES string of the molecule is O=C1C=CC(=O)N1CCCCCCOc1nc(Cl)nc(Oc2ccc(CCNc3ncncn3)cc2)n1. The van der Waals surface area contributed by atoms with Gasteiger partial charge in [-0.3, -0.25) is 14.5 Å². The van der Waals surface area contributed by atoms with E-state index in [1.807, 2.05) is 24.3 Å². The van der Waals surface area contributed by atoms with Crippen molar-refractivity contribution >= 4 is 29.4 Å². The molecule has 1 N–H and O–H groups in total. The Labute approximate surface area is 218 Å². The second-order valence-corrected chi connectivity index (χ2v) is 8.32. The van der Waals surface area contributed by atoms with Gasteiger partial charge in [0.15, 0.2) is 0 Å². The second kappa shape index (κ2) is 13.2. The van der Waals surface area contributed by atoms with Crippen LogP contribution in [0.4, 0.5) is 5.95 Å². The Kier molecular flexibility index (Phi) is 9.24. The van der Waals surface area contributed by atoms with Crippen LogP contribution in [0.3, 0.4) is 0 Å². The maximum Gasteiger partial charge on any atom is 0.329 e. The number of amides is 2. The van der Waals surface area contributed by atoms with Crippen LogP contribution in [-0.2, 0) is 16.0 Å². The minimum atomic E-state index is -0.251. The number of benzene rings is 1. The number of nitrogens with one attached hydrogen (secondary N) is 1. The third kappa shape index (κ3) is 8.17. The van der Waals surface area contributed by atoms with Crippen LogP contribution in [0.1, 0.15) is 31.2 Å². The summed E-state index contributed by atoms with van der Waals surface area (Å²) in [6, 6.07) is 7.63. The minimum absolute atomic E-state index is 0.0328. The van der Waals surface area contributed by atoms with Gasteiger partial charge >= 0.3 is 12.0 Å². The van der Waals surface area contributed by atoms with E-state index in [-0.39, 0.29) is 29.1 Å². The van der Waals surface area contributed by atoms with Crippen molar-refractivity contribution in [1.29, 1.82) is 0 Å². The lowest BCUT2D eigenvalue weighted by Gasteiger charge is -2.13. The summed E-state index contributed by atoms with van der Waals surface area (Å²) in [5.41, 5.74) is 1.10. The zero-order chi connectivity index (χ0) is 25.9. The fourth-order valence-electron chi connectivity index (χ4n) is 3.44. The molecular formula is C24H25ClN8O4.